The molecule has 1 amide bonds. The standard InChI is InChI=1S/C24H29N7O2/c1-14(2)20-21-22(31-10-6-7-18(31)23(32)29(21)4)28-24(27-20)26-16-8-9-17(19(11-16)33-5)30-12-15(3)25-13-30/h8-9,11-14,18H,6-7,10H2,1-5H3,(H,26,27,28). The maximum Gasteiger partial charge on any atom is 0.249 e. The van der Waals surface area contributed by atoms with Crippen molar-refractivity contribution in [2.45, 2.75) is 45.6 Å². The summed E-state index contributed by atoms with van der Waals surface area (Å²) >= 11 is 0. The van der Waals surface area contributed by atoms with Crippen LogP contribution in [0.1, 0.15) is 44.0 Å². The molecule has 2 aliphatic heterocycles. The van der Waals surface area contributed by atoms with E-state index in [1.807, 2.05) is 42.9 Å². The van der Waals surface area contributed by atoms with Crippen molar-refractivity contribution < 1.29 is 9.53 Å². The number of aryl methyl sites for hydroxylation is 1. The Bertz CT molecular complexity index is 1220. The largest absolute Gasteiger partial charge is 0.494 e. The third kappa shape index (κ3) is 3.57. The number of hydrogen-bond donors (Lipinski definition) is 1. The maximum absolute atomic E-state index is 12.9. The topological polar surface area (TPSA) is 88.4 Å². The molecular formula is C24H29N7O2. The van der Waals surface area contributed by atoms with Crippen molar-refractivity contribution in [1.29, 1.82) is 0 Å². The zero-order valence-electron chi connectivity index (χ0n) is 19.7. The molecule has 0 spiro atoms. The number of amides is 1. The molecule has 0 radical (unpaired) electrons. The summed E-state index contributed by atoms with van der Waals surface area (Å²) < 4.78 is 7.58. The van der Waals surface area contributed by atoms with Crippen molar-refractivity contribution in [3.63, 3.8) is 0 Å². The van der Waals surface area contributed by atoms with Gasteiger partial charge in [0.1, 0.15) is 17.5 Å². The Kier molecular flexibility index (Phi) is 5.19. The van der Waals surface area contributed by atoms with Crippen molar-refractivity contribution in [1.82, 2.24) is 19.5 Å². The van der Waals surface area contributed by atoms with Crippen molar-refractivity contribution in [3.8, 4) is 11.4 Å². The highest BCUT2D eigenvalue weighted by molar-refractivity contribution is 6.05. The van der Waals surface area contributed by atoms with Gasteiger partial charge >= 0.3 is 0 Å². The van der Waals surface area contributed by atoms with Crippen LogP contribution in [-0.2, 0) is 4.79 Å². The lowest BCUT2D eigenvalue weighted by molar-refractivity contribution is -0.119. The molecule has 1 aromatic carbocycles. The lowest BCUT2D eigenvalue weighted by atomic mass is 10.0. The average Bonchev–Trinajstić information content (AvgIpc) is 3.46. The van der Waals surface area contributed by atoms with Gasteiger partial charge in [-0.25, -0.2) is 9.97 Å². The molecule has 1 atom stereocenters. The molecule has 1 saturated heterocycles. The first-order valence-corrected chi connectivity index (χ1v) is 11.3. The second-order valence-electron chi connectivity index (χ2n) is 8.94. The Labute approximate surface area is 193 Å². The van der Waals surface area contributed by atoms with Crippen LogP contribution in [0.5, 0.6) is 5.75 Å². The summed E-state index contributed by atoms with van der Waals surface area (Å²) in [6.07, 6.45) is 5.57. The van der Waals surface area contributed by atoms with Crippen LogP contribution in [0.4, 0.5) is 23.1 Å². The van der Waals surface area contributed by atoms with Crippen LogP contribution >= 0.6 is 0 Å². The van der Waals surface area contributed by atoms with Gasteiger partial charge in [-0.1, -0.05) is 13.8 Å². The van der Waals surface area contributed by atoms with Crippen LogP contribution in [0.15, 0.2) is 30.7 Å². The van der Waals surface area contributed by atoms with Gasteiger partial charge in [-0.05, 0) is 37.8 Å². The van der Waals surface area contributed by atoms with Gasteiger partial charge in [-0.15, -0.1) is 0 Å². The molecule has 0 bridgehead atoms. The highest BCUT2D eigenvalue weighted by Gasteiger charge is 2.42. The van der Waals surface area contributed by atoms with E-state index in [-0.39, 0.29) is 17.9 Å². The number of likely N-dealkylation sites (N-methyl/N-ethyl adjacent to an activating group) is 1. The van der Waals surface area contributed by atoms with Crippen molar-refractivity contribution in [2.75, 3.05) is 35.8 Å². The number of benzene rings is 1. The number of anilines is 4. The number of nitrogens with one attached hydrogen (secondary N) is 1. The quantitative estimate of drug-likeness (QED) is 0.637. The molecule has 4 heterocycles. The molecule has 2 aliphatic rings. The number of methoxy groups -OCH3 is 1. The Morgan fingerprint density at radius 2 is 2.06 bits per heavy atom. The summed E-state index contributed by atoms with van der Waals surface area (Å²) in [4.78, 5) is 30.8. The van der Waals surface area contributed by atoms with Crippen LogP contribution in [0, 0.1) is 6.92 Å². The highest BCUT2D eigenvalue weighted by Crippen LogP contribution is 2.42. The normalized spacial score (nSPS) is 17.4. The Hall–Kier alpha value is -3.62. The van der Waals surface area contributed by atoms with E-state index in [9.17, 15) is 4.79 Å². The summed E-state index contributed by atoms with van der Waals surface area (Å²) in [5, 5.41) is 3.36. The van der Waals surface area contributed by atoms with Crippen LogP contribution in [0.3, 0.4) is 0 Å². The zero-order chi connectivity index (χ0) is 23.3. The number of imidazole rings is 1. The molecule has 172 valence electrons. The molecule has 9 heteroatoms. The molecule has 0 aliphatic carbocycles. The van der Waals surface area contributed by atoms with Gasteiger partial charge < -0.3 is 24.4 Å². The first kappa shape index (κ1) is 21.2. The number of hydrogen-bond acceptors (Lipinski definition) is 7. The number of nitrogens with zero attached hydrogens (tertiary/aromatic N) is 6. The lowest BCUT2D eigenvalue weighted by Gasteiger charge is -2.38. The highest BCUT2D eigenvalue weighted by atomic mass is 16.5. The predicted octanol–water partition coefficient (Wildman–Crippen LogP) is 3.79. The van der Waals surface area contributed by atoms with Gasteiger partial charge in [0, 0.05) is 31.5 Å². The second kappa shape index (κ2) is 8.06. The van der Waals surface area contributed by atoms with Gasteiger partial charge in [-0.3, -0.25) is 4.79 Å². The minimum atomic E-state index is -0.136. The van der Waals surface area contributed by atoms with E-state index in [4.69, 9.17) is 14.7 Å². The fourth-order valence-electron chi connectivity index (χ4n) is 4.70. The van der Waals surface area contributed by atoms with Crippen molar-refractivity contribution in [2.24, 2.45) is 0 Å². The molecule has 1 unspecified atom stereocenters. The van der Waals surface area contributed by atoms with Gasteiger partial charge in [0.15, 0.2) is 5.82 Å². The monoisotopic (exact) mass is 447 g/mol. The number of carbonyl (C=O) groups excluding carboxylic acids is 1. The number of aromatic nitrogens is 4. The zero-order valence-corrected chi connectivity index (χ0v) is 19.7. The molecule has 2 aromatic heterocycles. The summed E-state index contributed by atoms with van der Waals surface area (Å²) in [7, 11) is 3.49. The first-order valence-electron chi connectivity index (χ1n) is 11.3. The van der Waals surface area contributed by atoms with Crippen LogP contribution in [0.2, 0.25) is 0 Å². The third-order valence-corrected chi connectivity index (χ3v) is 6.34. The lowest BCUT2D eigenvalue weighted by Crippen LogP contribution is -2.50. The molecular weight excluding hydrogens is 418 g/mol. The van der Waals surface area contributed by atoms with E-state index in [1.165, 1.54) is 0 Å². The van der Waals surface area contributed by atoms with E-state index in [1.54, 1.807) is 18.3 Å². The maximum atomic E-state index is 12.9. The smallest absolute Gasteiger partial charge is 0.249 e. The fourth-order valence-corrected chi connectivity index (χ4v) is 4.70. The van der Waals surface area contributed by atoms with E-state index in [0.717, 1.165) is 53.7 Å². The third-order valence-electron chi connectivity index (χ3n) is 6.34. The van der Waals surface area contributed by atoms with Crippen molar-refractivity contribution in [3.05, 3.63) is 42.1 Å². The minimum Gasteiger partial charge on any atom is -0.494 e. The van der Waals surface area contributed by atoms with E-state index < -0.39 is 0 Å². The number of carbonyl (C=O) groups is 1. The van der Waals surface area contributed by atoms with Crippen molar-refractivity contribution >= 4 is 29.0 Å². The molecule has 0 saturated carbocycles. The molecule has 1 N–H and O–H groups in total. The van der Waals surface area contributed by atoms with E-state index in [2.05, 4.69) is 29.0 Å². The number of fused-ring (bicyclic) bond motifs is 3. The Morgan fingerprint density at radius 1 is 1.24 bits per heavy atom. The average molecular weight is 448 g/mol. The van der Waals surface area contributed by atoms with Crippen LogP contribution < -0.4 is 19.9 Å². The van der Waals surface area contributed by atoms with E-state index in [0.29, 0.717) is 11.7 Å². The molecule has 33 heavy (non-hydrogen) atoms. The molecule has 1 fully saturated rings. The van der Waals surface area contributed by atoms with Crippen LogP contribution in [-0.4, -0.2) is 52.2 Å². The number of rotatable bonds is 5. The second-order valence-corrected chi connectivity index (χ2v) is 8.94. The molecule has 3 aromatic rings. The SMILES string of the molecule is COc1cc(Nc2nc(C(C)C)c3c(n2)N2CCCC2C(=O)N3C)ccc1-n1cnc(C)c1. The summed E-state index contributed by atoms with van der Waals surface area (Å²) in [5.41, 5.74) is 4.34. The predicted molar refractivity (Wildman–Crippen MR) is 128 cm³/mol. The Morgan fingerprint density at radius 3 is 2.76 bits per heavy atom. The summed E-state index contributed by atoms with van der Waals surface area (Å²) in [6.45, 7) is 6.96. The molecule has 5 rings (SSSR count). The van der Waals surface area contributed by atoms with Gasteiger partial charge in [0.05, 0.1) is 30.5 Å². The van der Waals surface area contributed by atoms with Crippen LogP contribution in [0.25, 0.3) is 5.69 Å². The van der Waals surface area contributed by atoms with Gasteiger partial charge in [0.2, 0.25) is 11.9 Å². The minimum absolute atomic E-state index is 0.126. The Balaban J connectivity index is 1.54. The van der Waals surface area contributed by atoms with E-state index >= 15 is 0 Å². The summed E-state index contributed by atoms with van der Waals surface area (Å²) in [6, 6.07) is 5.74. The fraction of sp³-hybridized carbons (Fsp3) is 0.417. The number of ether oxygens (including phenoxy) is 1. The first-order chi connectivity index (χ1) is 15.9. The molecule has 9 nitrogen and oxygen atoms in total. The van der Waals surface area contributed by atoms with Gasteiger partial charge in [-0.2, -0.15) is 4.98 Å². The van der Waals surface area contributed by atoms with Gasteiger partial charge in [0.25, 0.3) is 0 Å². The summed E-state index contributed by atoms with van der Waals surface area (Å²) in [5.74, 6) is 2.32.